The molecule has 5 nitrogen and oxygen atoms in total. The second-order valence-corrected chi connectivity index (χ2v) is 6.31. The van der Waals surface area contributed by atoms with Crippen LogP contribution in [-0.2, 0) is 9.53 Å². The molecule has 1 aliphatic heterocycles. The first-order valence-corrected chi connectivity index (χ1v) is 7.65. The maximum Gasteiger partial charge on any atom is 0.220 e. The van der Waals surface area contributed by atoms with Crippen molar-refractivity contribution < 1.29 is 19.4 Å². The lowest BCUT2D eigenvalue weighted by Crippen LogP contribution is -2.41. The highest BCUT2D eigenvalue weighted by atomic mass is 16.5. The second-order valence-electron chi connectivity index (χ2n) is 6.31. The number of carbonyl (C=O) groups is 1. The summed E-state index contributed by atoms with van der Waals surface area (Å²) in [6.45, 7) is 6.08. The molecule has 0 aliphatic carbocycles. The topological polar surface area (TPSA) is 67.8 Å². The van der Waals surface area contributed by atoms with Crippen molar-refractivity contribution in [1.29, 1.82) is 0 Å². The molecule has 0 fully saturated rings. The van der Waals surface area contributed by atoms with Crippen LogP contribution in [0.2, 0.25) is 0 Å². The molecule has 2 rings (SSSR count). The molecule has 0 spiro atoms. The van der Waals surface area contributed by atoms with Gasteiger partial charge in [-0.05, 0) is 31.5 Å². The molecular formula is C17H25NO4. The minimum Gasteiger partial charge on any atom is -0.487 e. The number of rotatable bonds is 5. The van der Waals surface area contributed by atoms with E-state index < -0.39 is 6.10 Å². The number of hydrogen-bond donors (Lipinski definition) is 2. The third kappa shape index (κ3) is 3.78. The summed E-state index contributed by atoms with van der Waals surface area (Å²) in [5, 5.41) is 13.1. The lowest BCUT2D eigenvalue weighted by atomic mass is 9.88. The largest absolute Gasteiger partial charge is 0.487 e. The quantitative estimate of drug-likeness (QED) is 0.877. The third-order valence-electron chi connectivity index (χ3n) is 3.86. The van der Waals surface area contributed by atoms with Crippen LogP contribution in [0.25, 0.3) is 0 Å². The standard InChI is InChI=1S/C17H25NO4/c1-5-16(20)18-13-9-17(2,3)22-15-7-6-11(8-12(13)15)14(19)10-21-4/h6-8,13-14,19H,5,9-10H2,1-4H3,(H,18,20). The van der Waals surface area contributed by atoms with E-state index in [9.17, 15) is 9.90 Å². The van der Waals surface area contributed by atoms with Crippen LogP contribution in [0.3, 0.4) is 0 Å². The Hall–Kier alpha value is -1.59. The summed E-state index contributed by atoms with van der Waals surface area (Å²) in [6.07, 6.45) is 0.446. The van der Waals surface area contributed by atoms with Crippen LogP contribution in [0.1, 0.15) is 56.9 Å². The molecule has 0 saturated carbocycles. The van der Waals surface area contributed by atoms with E-state index in [-0.39, 0.29) is 24.2 Å². The highest BCUT2D eigenvalue weighted by Crippen LogP contribution is 2.40. The van der Waals surface area contributed by atoms with E-state index in [2.05, 4.69) is 5.32 Å². The Balaban J connectivity index is 2.34. The zero-order valence-corrected chi connectivity index (χ0v) is 13.7. The minimum absolute atomic E-state index is 0.0106. The maximum atomic E-state index is 11.8. The SMILES string of the molecule is CCC(=O)NC1CC(C)(C)Oc2ccc(C(O)COC)cc21. The van der Waals surface area contributed by atoms with Gasteiger partial charge in [0.2, 0.25) is 5.91 Å². The Morgan fingerprint density at radius 2 is 2.27 bits per heavy atom. The van der Waals surface area contributed by atoms with Crippen molar-refractivity contribution in [1.82, 2.24) is 5.32 Å². The zero-order valence-electron chi connectivity index (χ0n) is 13.7. The summed E-state index contributed by atoms with van der Waals surface area (Å²) < 4.78 is 11.0. The Kier molecular flexibility index (Phi) is 5.08. The number of amides is 1. The molecule has 1 aromatic carbocycles. The zero-order chi connectivity index (χ0) is 16.3. The van der Waals surface area contributed by atoms with Gasteiger partial charge in [-0.2, -0.15) is 0 Å². The number of methoxy groups -OCH3 is 1. The lowest BCUT2D eigenvalue weighted by molar-refractivity contribution is -0.122. The van der Waals surface area contributed by atoms with Crippen molar-refractivity contribution >= 4 is 5.91 Å². The monoisotopic (exact) mass is 307 g/mol. The number of carbonyl (C=O) groups excluding carboxylic acids is 1. The molecular weight excluding hydrogens is 282 g/mol. The third-order valence-corrected chi connectivity index (χ3v) is 3.86. The van der Waals surface area contributed by atoms with Gasteiger partial charge in [0.25, 0.3) is 0 Å². The number of benzene rings is 1. The number of fused-ring (bicyclic) bond motifs is 1. The van der Waals surface area contributed by atoms with Crippen molar-refractivity contribution in [3.8, 4) is 5.75 Å². The van der Waals surface area contributed by atoms with Gasteiger partial charge >= 0.3 is 0 Å². The first-order valence-electron chi connectivity index (χ1n) is 7.65. The highest BCUT2D eigenvalue weighted by molar-refractivity contribution is 5.76. The van der Waals surface area contributed by atoms with Gasteiger partial charge in [0.1, 0.15) is 17.5 Å². The molecule has 22 heavy (non-hydrogen) atoms. The second kappa shape index (κ2) is 6.67. The molecule has 1 amide bonds. The normalized spacial score (nSPS) is 20.7. The van der Waals surface area contributed by atoms with Crippen LogP contribution >= 0.6 is 0 Å². The average Bonchev–Trinajstić information content (AvgIpc) is 2.45. The number of nitrogens with one attached hydrogen (secondary N) is 1. The highest BCUT2D eigenvalue weighted by Gasteiger charge is 2.34. The molecule has 0 bridgehead atoms. The van der Waals surface area contributed by atoms with Crippen LogP contribution in [-0.4, -0.2) is 30.3 Å². The summed E-state index contributed by atoms with van der Waals surface area (Å²) in [6, 6.07) is 5.48. The van der Waals surface area contributed by atoms with Crippen molar-refractivity contribution in [2.75, 3.05) is 13.7 Å². The maximum absolute atomic E-state index is 11.8. The molecule has 1 aliphatic rings. The fraction of sp³-hybridized carbons (Fsp3) is 0.588. The molecule has 0 saturated heterocycles. The Morgan fingerprint density at radius 1 is 1.55 bits per heavy atom. The van der Waals surface area contributed by atoms with E-state index >= 15 is 0 Å². The van der Waals surface area contributed by atoms with Crippen LogP contribution in [0.4, 0.5) is 0 Å². The summed E-state index contributed by atoms with van der Waals surface area (Å²) in [4.78, 5) is 11.8. The van der Waals surface area contributed by atoms with Gasteiger partial charge in [-0.25, -0.2) is 0 Å². The Bertz CT molecular complexity index is 541. The smallest absolute Gasteiger partial charge is 0.220 e. The molecule has 1 heterocycles. The van der Waals surface area contributed by atoms with Crippen LogP contribution < -0.4 is 10.1 Å². The average molecular weight is 307 g/mol. The van der Waals surface area contributed by atoms with E-state index in [0.717, 1.165) is 16.9 Å². The van der Waals surface area contributed by atoms with Gasteiger partial charge in [0, 0.05) is 25.5 Å². The molecule has 0 radical (unpaired) electrons. The molecule has 2 N–H and O–H groups in total. The summed E-state index contributed by atoms with van der Waals surface area (Å²) in [5.74, 6) is 0.766. The fourth-order valence-electron chi connectivity index (χ4n) is 2.76. The van der Waals surface area contributed by atoms with E-state index in [1.807, 2.05) is 39.0 Å². The van der Waals surface area contributed by atoms with Gasteiger partial charge in [-0.1, -0.05) is 13.0 Å². The summed E-state index contributed by atoms with van der Waals surface area (Å²) in [5.41, 5.74) is 1.33. The molecule has 122 valence electrons. The van der Waals surface area contributed by atoms with Crippen molar-refractivity contribution in [2.45, 2.75) is 51.4 Å². The molecule has 1 aromatic rings. The van der Waals surface area contributed by atoms with Gasteiger partial charge in [0.05, 0.1) is 12.6 Å². The number of aliphatic hydroxyl groups is 1. The van der Waals surface area contributed by atoms with E-state index in [4.69, 9.17) is 9.47 Å². The fourth-order valence-corrected chi connectivity index (χ4v) is 2.76. The molecule has 0 aromatic heterocycles. The number of aliphatic hydroxyl groups excluding tert-OH is 1. The molecule has 2 unspecified atom stereocenters. The van der Waals surface area contributed by atoms with Crippen molar-refractivity contribution in [3.63, 3.8) is 0 Å². The predicted octanol–water partition coefficient (Wildman–Crippen LogP) is 2.49. The van der Waals surface area contributed by atoms with Crippen molar-refractivity contribution in [3.05, 3.63) is 29.3 Å². The first kappa shape index (κ1) is 16.8. The number of ether oxygens (including phenoxy) is 2. The van der Waals surface area contributed by atoms with Crippen LogP contribution in [0.5, 0.6) is 5.75 Å². The Labute approximate surface area is 131 Å². The van der Waals surface area contributed by atoms with Gasteiger partial charge in [-0.3, -0.25) is 4.79 Å². The minimum atomic E-state index is -0.687. The van der Waals surface area contributed by atoms with E-state index in [1.54, 1.807) is 7.11 Å². The first-order chi connectivity index (χ1) is 10.4. The lowest BCUT2D eigenvalue weighted by Gasteiger charge is -2.38. The molecule has 5 heteroatoms. The predicted molar refractivity (Wildman–Crippen MR) is 83.8 cm³/mol. The van der Waals surface area contributed by atoms with Gasteiger partial charge in [-0.15, -0.1) is 0 Å². The summed E-state index contributed by atoms with van der Waals surface area (Å²) >= 11 is 0. The summed E-state index contributed by atoms with van der Waals surface area (Å²) in [7, 11) is 1.55. The molecule has 2 atom stereocenters. The number of hydrogen-bond acceptors (Lipinski definition) is 4. The van der Waals surface area contributed by atoms with E-state index in [0.29, 0.717) is 12.8 Å². The van der Waals surface area contributed by atoms with Gasteiger partial charge in [0.15, 0.2) is 0 Å². The Morgan fingerprint density at radius 3 is 2.91 bits per heavy atom. The van der Waals surface area contributed by atoms with Gasteiger partial charge < -0.3 is 19.9 Å². The van der Waals surface area contributed by atoms with Crippen molar-refractivity contribution in [2.24, 2.45) is 0 Å². The van der Waals surface area contributed by atoms with E-state index in [1.165, 1.54) is 0 Å². The van der Waals surface area contributed by atoms with Crippen LogP contribution in [0.15, 0.2) is 18.2 Å². The van der Waals surface area contributed by atoms with Crippen LogP contribution in [0, 0.1) is 0 Å².